The van der Waals surface area contributed by atoms with E-state index in [4.69, 9.17) is 4.42 Å². The Morgan fingerprint density at radius 2 is 2.18 bits per heavy atom. The first-order chi connectivity index (χ1) is 8.42. The highest BCUT2D eigenvalue weighted by Crippen LogP contribution is 2.17. The molecule has 84 valence electrons. The maximum absolute atomic E-state index is 5.45. The first-order valence-corrected chi connectivity index (χ1v) is 5.98. The highest BCUT2D eigenvalue weighted by atomic mass is 32.1. The van der Waals surface area contributed by atoms with E-state index < -0.39 is 0 Å². The fourth-order valence-electron chi connectivity index (χ4n) is 1.44. The molecular formula is C12H9N3OS. The maximum Gasteiger partial charge on any atom is 0.316 e. The van der Waals surface area contributed by atoms with Gasteiger partial charge in [0.15, 0.2) is 5.58 Å². The van der Waals surface area contributed by atoms with Crippen molar-refractivity contribution in [1.82, 2.24) is 4.98 Å². The molecule has 0 aliphatic rings. The van der Waals surface area contributed by atoms with Crippen molar-refractivity contribution in [3.8, 4) is 0 Å². The van der Waals surface area contributed by atoms with Gasteiger partial charge in [-0.3, -0.25) is 0 Å². The quantitative estimate of drug-likeness (QED) is 0.567. The standard InChI is InChI=1S/C12H9N3OS/c1-2-6-11-10(5-1)14-12(16-11)15-13-8-9-4-3-7-17-9/h1-8H,(H,14,15)/b13-8-. The molecule has 0 radical (unpaired) electrons. The second-order valence-electron chi connectivity index (χ2n) is 3.37. The van der Waals surface area contributed by atoms with Crippen molar-refractivity contribution in [3.63, 3.8) is 0 Å². The molecule has 2 heterocycles. The van der Waals surface area contributed by atoms with Crippen LogP contribution in [-0.4, -0.2) is 11.2 Å². The van der Waals surface area contributed by atoms with Crippen LogP contribution in [-0.2, 0) is 0 Å². The number of fused-ring (bicyclic) bond motifs is 1. The zero-order valence-corrected chi connectivity index (χ0v) is 9.65. The lowest BCUT2D eigenvalue weighted by atomic mass is 10.3. The Morgan fingerprint density at radius 1 is 1.24 bits per heavy atom. The van der Waals surface area contributed by atoms with Gasteiger partial charge in [0, 0.05) is 4.88 Å². The molecule has 1 N–H and O–H groups in total. The minimum Gasteiger partial charge on any atom is -0.422 e. The van der Waals surface area contributed by atoms with E-state index in [1.54, 1.807) is 17.6 Å². The van der Waals surface area contributed by atoms with Crippen molar-refractivity contribution in [2.75, 3.05) is 5.43 Å². The Balaban J connectivity index is 1.77. The summed E-state index contributed by atoms with van der Waals surface area (Å²) in [5, 5.41) is 6.06. The Labute approximate surface area is 102 Å². The molecule has 0 aliphatic carbocycles. The normalized spacial score (nSPS) is 11.3. The van der Waals surface area contributed by atoms with Crippen LogP contribution in [0.2, 0.25) is 0 Å². The number of hydrazone groups is 1. The van der Waals surface area contributed by atoms with E-state index in [1.807, 2.05) is 41.8 Å². The third-order valence-electron chi connectivity index (χ3n) is 2.19. The lowest BCUT2D eigenvalue weighted by molar-refractivity contribution is 0.617. The second-order valence-corrected chi connectivity index (χ2v) is 4.35. The summed E-state index contributed by atoms with van der Waals surface area (Å²) in [6, 6.07) is 12.0. The summed E-state index contributed by atoms with van der Waals surface area (Å²) in [4.78, 5) is 5.32. The van der Waals surface area contributed by atoms with Gasteiger partial charge in [-0.1, -0.05) is 18.2 Å². The van der Waals surface area contributed by atoms with Gasteiger partial charge >= 0.3 is 6.01 Å². The number of rotatable bonds is 3. The molecule has 0 saturated heterocycles. The molecule has 0 bridgehead atoms. The number of oxazole rings is 1. The molecule has 3 rings (SSSR count). The number of hydrogen-bond donors (Lipinski definition) is 1. The predicted molar refractivity (Wildman–Crippen MR) is 69.5 cm³/mol. The molecular weight excluding hydrogens is 234 g/mol. The summed E-state index contributed by atoms with van der Waals surface area (Å²) in [5.74, 6) is 0. The number of benzene rings is 1. The van der Waals surface area contributed by atoms with Crippen LogP contribution in [0.5, 0.6) is 0 Å². The third-order valence-corrected chi connectivity index (χ3v) is 3.00. The van der Waals surface area contributed by atoms with Crippen molar-refractivity contribution in [1.29, 1.82) is 0 Å². The van der Waals surface area contributed by atoms with Crippen LogP contribution in [0.25, 0.3) is 11.1 Å². The van der Waals surface area contributed by atoms with Gasteiger partial charge in [-0.05, 0) is 23.6 Å². The van der Waals surface area contributed by atoms with Crippen molar-refractivity contribution in [2.24, 2.45) is 5.10 Å². The molecule has 2 aromatic heterocycles. The lowest BCUT2D eigenvalue weighted by Gasteiger charge is -1.89. The van der Waals surface area contributed by atoms with E-state index in [2.05, 4.69) is 15.5 Å². The van der Waals surface area contributed by atoms with Crippen molar-refractivity contribution >= 4 is 34.7 Å². The van der Waals surface area contributed by atoms with Crippen LogP contribution >= 0.6 is 11.3 Å². The molecule has 0 saturated carbocycles. The van der Waals surface area contributed by atoms with Gasteiger partial charge in [0.2, 0.25) is 0 Å². The Kier molecular flexibility index (Phi) is 2.59. The predicted octanol–water partition coefficient (Wildman–Crippen LogP) is 3.34. The zero-order valence-electron chi connectivity index (χ0n) is 8.83. The first kappa shape index (κ1) is 10.0. The Bertz CT molecular complexity index is 610. The molecule has 0 unspecified atom stereocenters. The zero-order chi connectivity index (χ0) is 11.5. The number of thiophene rings is 1. The molecule has 0 atom stereocenters. The number of nitrogens with one attached hydrogen (secondary N) is 1. The molecule has 0 amide bonds. The Morgan fingerprint density at radius 3 is 3.00 bits per heavy atom. The number of hydrogen-bond acceptors (Lipinski definition) is 5. The average Bonchev–Trinajstić information content (AvgIpc) is 2.96. The van der Waals surface area contributed by atoms with Crippen LogP contribution in [0.15, 0.2) is 51.3 Å². The molecule has 1 aromatic carbocycles. The molecule has 17 heavy (non-hydrogen) atoms. The highest BCUT2D eigenvalue weighted by molar-refractivity contribution is 7.11. The molecule has 0 aliphatic heterocycles. The van der Waals surface area contributed by atoms with Gasteiger partial charge in [-0.15, -0.1) is 11.3 Å². The van der Waals surface area contributed by atoms with E-state index in [0.717, 1.165) is 16.0 Å². The summed E-state index contributed by atoms with van der Waals surface area (Å²) < 4.78 is 5.45. The molecule has 0 fully saturated rings. The van der Waals surface area contributed by atoms with Crippen molar-refractivity contribution in [3.05, 3.63) is 46.7 Å². The van der Waals surface area contributed by atoms with Crippen molar-refractivity contribution < 1.29 is 4.42 Å². The van der Waals surface area contributed by atoms with Crippen LogP contribution in [0.4, 0.5) is 6.01 Å². The minimum atomic E-state index is 0.402. The molecule has 5 heteroatoms. The Hall–Kier alpha value is -2.14. The summed E-state index contributed by atoms with van der Waals surface area (Å²) >= 11 is 1.62. The van der Waals surface area contributed by atoms with Crippen LogP contribution < -0.4 is 5.43 Å². The topological polar surface area (TPSA) is 50.4 Å². The average molecular weight is 243 g/mol. The maximum atomic E-state index is 5.45. The first-order valence-electron chi connectivity index (χ1n) is 5.10. The SMILES string of the molecule is C(=N/Nc1nc2ccccc2o1)/c1cccs1. The van der Waals surface area contributed by atoms with E-state index in [1.165, 1.54) is 0 Å². The summed E-state index contributed by atoms with van der Waals surface area (Å²) in [6.07, 6.45) is 1.74. The van der Waals surface area contributed by atoms with Gasteiger partial charge in [0.05, 0.1) is 6.21 Å². The monoisotopic (exact) mass is 243 g/mol. The van der Waals surface area contributed by atoms with E-state index in [-0.39, 0.29) is 0 Å². The highest BCUT2D eigenvalue weighted by Gasteiger charge is 2.02. The summed E-state index contributed by atoms with van der Waals surface area (Å²) in [6.45, 7) is 0. The summed E-state index contributed by atoms with van der Waals surface area (Å²) in [5.41, 5.74) is 4.34. The van der Waals surface area contributed by atoms with Crippen LogP contribution in [0.3, 0.4) is 0 Å². The van der Waals surface area contributed by atoms with Gasteiger partial charge in [0.1, 0.15) is 5.52 Å². The summed E-state index contributed by atoms with van der Waals surface area (Å²) in [7, 11) is 0. The van der Waals surface area contributed by atoms with E-state index >= 15 is 0 Å². The van der Waals surface area contributed by atoms with E-state index in [9.17, 15) is 0 Å². The van der Waals surface area contributed by atoms with Crippen molar-refractivity contribution in [2.45, 2.75) is 0 Å². The van der Waals surface area contributed by atoms with Gasteiger partial charge in [-0.25, -0.2) is 5.43 Å². The lowest BCUT2D eigenvalue weighted by Crippen LogP contribution is -1.88. The molecule has 4 nitrogen and oxygen atoms in total. The third kappa shape index (κ3) is 2.19. The fourth-order valence-corrected chi connectivity index (χ4v) is 2.02. The second kappa shape index (κ2) is 4.39. The van der Waals surface area contributed by atoms with Gasteiger partial charge in [0.25, 0.3) is 0 Å². The van der Waals surface area contributed by atoms with Crippen LogP contribution in [0, 0.1) is 0 Å². The molecule has 3 aromatic rings. The number of aromatic nitrogens is 1. The van der Waals surface area contributed by atoms with E-state index in [0.29, 0.717) is 6.01 Å². The largest absolute Gasteiger partial charge is 0.422 e. The number of nitrogens with zero attached hydrogens (tertiary/aromatic N) is 2. The fraction of sp³-hybridized carbons (Fsp3) is 0. The molecule has 0 spiro atoms. The number of anilines is 1. The van der Waals surface area contributed by atoms with Gasteiger partial charge in [-0.2, -0.15) is 10.1 Å². The van der Waals surface area contributed by atoms with Crippen LogP contribution in [0.1, 0.15) is 4.88 Å². The minimum absolute atomic E-state index is 0.402. The smallest absolute Gasteiger partial charge is 0.316 e. The number of para-hydroxylation sites is 2. The van der Waals surface area contributed by atoms with Gasteiger partial charge < -0.3 is 4.42 Å².